The maximum Gasteiger partial charge on any atom is 0.310 e. The summed E-state index contributed by atoms with van der Waals surface area (Å²) in [6, 6.07) is 9.17. The molecule has 1 N–H and O–H groups in total. The highest BCUT2D eigenvalue weighted by Gasteiger charge is 2.18. The van der Waals surface area contributed by atoms with Crippen molar-refractivity contribution in [1.82, 2.24) is 0 Å². The molecule has 0 amide bonds. The number of nitriles is 1. The normalized spacial score (nSPS) is 10.7. The van der Waals surface area contributed by atoms with Crippen molar-refractivity contribution >= 4 is 33.0 Å². The van der Waals surface area contributed by atoms with Crippen molar-refractivity contribution in [2.75, 3.05) is 11.8 Å². The number of methoxy groups -OCH3 is 1. The van der Waals surface area contributed by atoms with Crippen LogP contribution in [0, 0.1) is 11.3 Å². The van der Waals surface area contributed by atoms with Crippen molar-refractivity contribution < 1.29 is 17.9 Å². The standard InChI is InChI=1S/C14H12N2O4S2/c1-20-14(17)8-13-12(5-6-21-13)16-22(18,19)11-4-2-3-10(7-11)9-15/h2-7,16H,8H2,1H3. The molecule has 2 rings (SSSR count). The second-order valence-corrected chi connectivity index (χ2v) is 6.94. The molecule has 1 heterocycles. The lowest BCUT2D eigenvalue weighted by Gasteiger charge is -2.09. The van der Waals surface area contributed by atoms with Crippen LogP contribution >= 0.6 is 11.3 Å². The second kappa shape index (κ2) is 6.60. The van der Waals surface area contributed by atoms with Gasteiger partial charge in [-0.3, -0.25) is 9.52 Å². The molecule has 0 saturated heterocycles. The van der Waals surface area contributed by atoms with Crippen molar-refractivity contribution in [3.63, 3.8) is 0 Å². The summed E-state index contributed by atoms with van der Waals surface area (Å²) >= 11 is 1.26. The van der Waals surface area contributed by atoms with Crippen LogP contribution < -0.4 is 4.72 Å². The highest BCUT2D eigenvalue weighted by atomic mass is 32.2. The summed E-state index contributed by atoms with van der Waals surface area (Å²) in [6.45, 7) is 0. The van der Waals surface area contributed by atoms with Gasteiger partial charge in [-0.2, -0.15) is 5.26 Å². The van der Waals surface area contributed by atoms with E-state index in [9.17, 15) is 13.2 Å². The summed E-state index contributed by atoms with van der Waals surface area (Å²) in [7, 11) is -2.56. The average Bonchev–Trinajstić information content (AvgIpc) is 2.93. The lowest BCUT2D eigenvalue weighted by Crippen LogP contribution is -2.14. The van der Waals surface area contributed by atoms with E-state index in [4.69, 9.17) is 5.26 Å². The highest BCUT2D eigenvalue weighted by molar-refractivity contribution is 7.92. The number of benzene rings is 1. The number of thiophene rings is 1. The zero-order valence-corrected chi connectivity index (χ0v) is 13.2. The average molecular weight is 336 g/mol. The van der Waals surface area contributed by atoms with Crippen LogP contribution in [-0.4, -0.2) is 21.5 Å². The van der Waals surface area contributed by atoms with Crippen molar-refractivity contribution in [2.24, 2.45) is 0 Å². The third kappa shape index (κ3) is 3.63. The number of sulfonamides is 1. The van der Waals surface area contributed by atoms with E-state index in [-0.39, 0.29) is 16.9 Å². The number of carbonyl (C=O) groups excluding carboxylic acids is 1. The van der Waals surface area contributed by atoms with Crippen molar-refractivity contribution in [2.45, 2.75) is 11.3 Å². The van der Waals surface area contributed by atoms with Crippen molar-refractivity contribution in [3.05, 3.63) is 46.2 Å². The summed E-state index contributed by atoms with van der Waals surface area (Å²) < 4.78 is 31.7. The molecule has 0 unspecified atom stereocenters. The molecule has 114 valence electrons. The molecular formula is C14H12N2O4S2. The van der Waals surface area contributed by atoms with E-state index < -0.39 is 16.0 Å². The molecule has 0 aliphatic rings. The quantitative estimate of drug-likeness (QED) is 0.844. The Kier molecular flexibility index (Phi) is 4.80. The van der Waals surface area contributed by atoms with Gasteiger partial charge in [-0.05, 0) is 29.6 Å². The molecule has 2 aromatic rings. The van der Waals surface area contributed by atoms with Crippen molar-refractivity contribution in [3.8, 4) is 6.07 Å². The number of nitrogens with one attached hydrogen (secondary N) is 1. The first-order valence-electron chi connectivity index (χ1n) is 6.12. The van der Waals surface area contributed by atoms with Gasteiger partial charge in [-0.25, -0.2) is 8.42 Å². The number of nitrogens with zero attached hydrogens (tertiary/aromatic N) is 1. The Bertz CT molecular complexity index is 835. The van der Waals surface area contributed by atoms with Gasteiger partial charge < -0.3 is 4.74 Å². The number of ether oxygens (including phenoxy) is 1. The lowest BCUT2D eigenvalue weighted by molar-refractivity contribution is -0.139. The SMILES string of the molecule is COC(=O)Cc1sccc1NS(=O)(=O)c1cccc(C#N)c1. The first-order chi connectivity index (χ1) is 10.5. The van der Waals surface area contributed by atoms with Gasteiger partial charge in [0.1, 0.15) is 0 Å². The van der Waals surface area contributed by atoms with E-state index in [2.05, 4.69) is 9.46 Å². The molecule has 0 aliphatic heterocycles. The Hall–Kier alpha value is -2.37. The van der Waals surface area contributed by atoms with E-state index in [1.54, 1.807) is 11.4 Å². The third-order valence-electron chi connectivity index (χ3n) is 2.80. The fourth-order valence-corrected chi connectivity index (χ4v) is 3.73. The van der Waals surface area contributed by atoms with Gasteiger partial charge >= 0.3 is 5.97 Å². The molecule has 0 spiro atoms. The van der Waals surface area contributed by atoms with E-state index >= 15 is 0 Å². The van der Waals surface area contributed by atoms with E-state index in [1.807, 2.05) is 6.07 Å². The number of hydrogen-bond acceptors (Lipinski definition) is 6. The van der Waals surface area contributed by atoms with E-state index in [0.717, 1.165) is 0 Å². The molecule has 22 heavy (non-hydrogen) atoms. The van der Waals surface area contributed by atoms with Gasteiger partial charge in [0, 0.05) is 4.88 Å². The molecule has 0 aliphatic carbocycles. The van der Waals surface area contributed by atoms with Crippen LogP contribution in [0.25, 0.3) is 0 Å². The Labute approximate surface area is 132 Å². The number of esters is 1. The van der Waals surface area contributed by atoms with Crippen LogP contribution in [0.1, 0.15) is 10.4 Å². The topological polar surface area (TPSA) is 96.3 Å². The molecular weight excluding hydrogens is 324 g/mol. The monoisotopic (exact) mass is 336 g/mol. The minimum atomic E-state index is -3.83. The van der Waals surface area contributed by atoms with Gasteiger partial charge in [-0.1, -0.05) is 6.07 Å². The molecule has 1 aromatic heterocycles. The van der Waals surface area contributed by atoms with Crippen LogP contribution in [0.4, 0.5) is 5.69 Å². The summed E-state index contributed by atoms with van der Waals surface area (Å²) in [6.07, 6.45) is -0.00967. The summed E-state index contributed by atoms with van der Waals surface area (Å²) in [4.78, 5) is 11.9. The van der Waals surface area contributed by atoms with Gasteiger partial charge in [0.2, 0.25) is 0 Å². The van der Waals surface area contributed by atoms with Gasteiger partial charge in [-0.15, -0.1) is 11.3 Å². The minimum absolute atomic E-state index is 0.00967. The fourth-order valence-electron chi connectivity index (χ4n) is 1.71. The number of anilines is 1. The zero-order valence-electron chi connectivity index (χ0n) is 11.6. The predicted octanol–water partition coefficient (Wildman–Crippen LogP) is 2.14. The van der Waals surface area contributed by atoms with Gasteiger partial charge in [0.15, 0.2) is 0 Å². The summed E-state index contributed by atoms with van der Waals surface area (Å²) in [5, 5.41) is 10.5. The Morgan fingerprint density at radius 2 is 2.18 bits per heavy atom. The van der Waals surface area contributed by atoms with Crippen molar-refractivity contribution in [1.29, 1.82) is 5.26 Å². The molecule has 0 fully saturated rings. The lowest BCUT2D eigenvalue weighted by atomic mass is 10.2. The summed E-state index contributed by atoms with van der Waals surface area (Å²) in [5.74, 6) is -0.450. The predicted molar refractivity (Wildman–Crippen MR) is 82.0 cm³/mol. The minimum Gasteiger partial charge on any atom is -0.469 e. The zero-order chi connectivity index (χ0) is 16.2. The Morgan fingerprint density at radius 3 is 2.86 bits per heavy atom. The molecule has 6 nitrogen and oxygen atoms in total. The third-order valence-corrected chi connectivity index (χ3v) is 5.08. The van der Waals surface area contributed by atoms with Crippen LogP contribution in [0.3, 0.4) is 0 Å². The maximum absolute atomic E-state index is 12.3. The van der Waals surface area contributed by atoms with Crippen LogP contribution in [0.5, 0.6) is 0 Å². The number of rotatable bonds is 5. The largest absolute Gasteiger partial charge is 0.469 e. The Morgan fingerprint density at radius 1 is 1.41 bits per heavy atom. The number of hydrogen-bond donors (Lipinski definition) is 1. The molecule has 8 heteroatoms. The maximum atomic E-state index is 12.3. The van der Waals surface area contributed by atoms with Crippen LogP contribution in [-0.2, 0) is 26.0 Å². The highest BCUT2D eigenvalue weighted by Crippen LogP contribution is 2.26. The molecule has 0 atom stereocenters. The fraction of sp³-hybridized carbons (Fsp3) is 0.143. The first-order valence-corrected chi connectivity index (χ1v) is 8.48. The molecule has 0 radical (unpaired) electrons. The van der Waals surface area contributed by atoms with Gasteiger partial charge in [0.05, 0.1) is 35.7 Å². The Balaban J connectivity index is 2.28. The number of carbonyl (C=O) groups is 1. The van der Waals surface area contributed by atoms with E-state index in [1.165, 1.54) is 42.7 Å². The summed E-state index contributed by atoms with van der Waals surface area (Å²) in [5.41, 5.74) is 0.584. The molecule has 1 aromatic carbocycles. The van der Waals surface area contributed by atoms with Crippen LogP contribution in [0.15, 0.2) is 40.6 Å². The van der Waals surface area contributed by atoms with Crippen LogP contribution in [0.2, 0.25) is 0 Å². The van der Waals surface area contributed by atoms with Gasteiger partial charge in [0.25, 0.3) is 10.0 Å². The molecule has 0 saturated carbocycles. The van der Waals surface area contributed by atoms with E-state index in [0.29, 0.717) is 10.6 Å². The smallest absolute Gasteiger partial charge is 0.310 e. The molecule has 0 bridgehead atoms. The first kappa shape index (κ1) is 16.0. The second-order valence-electron chi connectivity index (χ2n) is 4.26.